The van der Waals surface area contributed by atoms with Crippen LogP contribution in [0, 0.1) is 12.3 Å². The van der Waals surface area contributed by atoms with Crippen LogP contribution in [0.2, 0.25) is 0 Å². The minimum absolute atomic E-state index is 0.474. The van der Waals surface area contributed by atoms with Gasteiger partial charge in [0.1, 0.15) is 0 Å². The Morgan fingerprint density at radius 1 is 1.47 bits per heavy atom. The highest BCUT2D eigenvalue weighted by molar-refractivity contribution is 5.09. The van der Waals surface area contributed by atoms with Crippen molar-refractivity contribution in [3.05, 3.63) is 30.1 Å². The SMILES string of the molecule is C#CCNCC(C)N(CC)Cc1ccncc1. The van der Waals surface area contributed by atoms with E-state index < -0.39 is 0 Å². The predicted molar refractivity (Wildman–Crippen MR) is 71.5 cm³/mol. The van der Waals surface area contributed by atoms with Gasteiger partial charge in [0.15, 0.2) is 0 Å². The first-order valence-corrected chi connectivity index (χ1v) is 6.05. The van der Waals surface area contributed by atoms with Crippen LogP contribution in [0.15, 0.2) is 24.5 Å². The molecule has 1 atom stereocenters. The second-order valence-electron chi connectivity index (χ2n) is 4.10. The lowest BCUT2D eigenvalue weighted by molar-refractivity contribution is 0.207. The van der Waals surface area contributed by atoms with Gasteiger partial charge in [0.05, 0.1) is 6.54 Å². The number of pyridine rings is 1. The van der Waals surface area contributed by atoms with E-state index in [1.807, 2.05) is 12.4 Å². The van der Waals surface area contributed by atoms with Crippen molar-refractivity contribution in [2.24, 2.45) is 0 Å². The van der Waals surface area contributed by atoms with Gasteiger partial charge in [-0.15, -0.1) is 6.42 Å². The van der Waals surface area contributed by atoms with Gasteiger partial charge in [-0.25, -0.2) is 0 Å². The molecule has 0 aliphatic rings. The van der Waals surface area contributed by atoms with Gasteiger partial charge < -0.3 is 5.32 Å². The van der Waals surface area contributed by atoms with Gasteiger partial charge in [0.2, 0.25) is 0 Å². The summed E-state index contributed by atoms with van der Waals surface area (Å²) in [7, 11) is 0. The maximum absolute atomic E-state index is 5.21. The number of aromatic nitrogens is 1. The summed E-state index contributed by atoms with van der Waals surface area (Å²) in [6.07, 6.45) is 8.89. The number of rotatable bonds is 7. The van der Waals surface area contributed by atoms with Crippen LogP contribution in [0.5, 0.6) is 0 Å². The fourth-order valence-corrected chi connectivity index (χ4v) is 1.78. The first-order chi connectivity index (χ1) is 8.27. The Labute approximate surface area is 104 Å². The molecule has 0 aliphatic heterocycles. The van der Waals surface area contributed by atoms with Crippen molar-refractivity contribution in [3.8, 4) is 12.3 Å². The van der Waals surface area contributed by atoms with Crippen LogP contribution in [0.4, 0.5) is 0 Å². The van der Waals surface area contributed by atoms with Crippen molar-refractivity contribution < 1.29 is 0 Å². The summed E-state index contributed by atoms with van der Waals surface area (Å²) in [6.45, 7) is 7.94. The number of hydrogen-bond donors (Lipinski definition) is 1. The van der Waals surface area contributed by atoms with E-state index in [-0.39, 0.29) is 0 Å². The van der Waals surface area contributed by atoms with Gasteiger partial charge in [-0.3, -0.25) is 9.88 Å². The number of nitrogens with one attached hydrogen (secondary N) is 1. The molecule has 0 spiro atoms. The highest BCUT2D eigenvalue weighted by Gasteiger charge is 2.11. The van der Waals surface area contributed by atoms with Crippen molar-refractivity contribution in [3.63, 3.8) is 0 Å². The van der Waals surface area contributed by atoms with E-state index in [0.717, 1.165) is 19.6 Å². The molecule has 1 aromatic rings. The summed E-state index contributed by atoms with van der Waals surface area (Å²) >= 11 is 0. The first kappa shape index (κ1) is 13.7. The van der Waals surface area contributed by atoms with Crippen LogP contribution < -0.4 is 5.32 Å². The number of terminal acetylenes is 1. The van der Waals surface area contributed by atoms with Crippen LogP contribution in [-0.4, -0.2) is 35.6 Å². The van der Waals surface area contributed by atoms with Crippen LogP contribution in [-0.2, 0) is 6.54 Å². The van der Waals surface area contributed by atoms with Crippen molar-refractivity contribution in [2.45, 2.75) is 26.4 Å². The number of nitrogens with zero attached hydrogens (tertiary/aromatic N) is 2. The molecule has 17 heavy (non-hydrogen) atoms. The predicted octanol–water partition coefficient (Wildman–Crippen LogP) is 1.51. The molecule has 0 saturated heterocycles. The van der Waals surface area contributed by atoms with Crippen LogP contribution in [0.3, 0.4) is 0 Å². The van der Waals surface area contributed by atoms with E-state index in [1.54, 1.807) is 0 Å². The van der Waals surface area contributed by atoms with Crippen LogP contribution in [0.1, 0.15) is 19.4 Å². The summed E-state index contributed by atoms with van der Waals surface area (Å²) in [6, 6.07) is 4.59. The molecule has 1 rings (SSSR count). The first-order valence-electron chi connectivity index (χ1n) is 6.05. The molecule has 1 N–H and O–H groups in total. The minimum Gasteiger partial charge on any atom is -0.305 e. The zero-order valence-electron chi connectivity index (χ0n) is 10.7. The van der Waals surface area contributed by atoms with E-state index in [1.165, 1.54) is 5.56 Å². The quantitative estimate of drug-likeness (QED) is 0.569. The van der Waals surface area contributed by atoms with E-state index in [0.29, 0.717) is 12.6 Å². The molecular formula is C14H21N3. The van der Waals surface area contributed by atoms with Gasteiger partial charge in [-0.1, -0.05) is 12.8 Å². The molecule has 3 nitrogen and oxygen atoms in total. The normalized spacial score (nSPS) is 12.4. The maximum Gasteiger partial charge on any atom is 0.0574 e. The fourth-order valence-electron chi connectivity index (χ4n) is 1.78. The minimum atomic E-state index is 0.474. The number of hydrogen-bond acceptors (Lipinski definition) is 3. The third-order valence-corrected chi connectivity index (χ3v) is 2.83. The average molecular weight is 231 g/mol. The Bertz CT molecular complexity index is 342. The standard InChI is InChI=1S/C14H21N3/c1-4-8-16-11-13(3)17(5-2)12-14-6-9-15-10-7-14/h1,6-7,9-10,13,16H,5,8,11-12H2,2-3H3. The molecule has 3 heteroatoms. The van der Waals surface area contributed by atoms with Crippen molar-refractivity contribution in [1.29, 1.82) is 0 Å². The van der Waals surface area contributed by atoms with Crippen LogP contribution in [0.25, 0.3) is 0 Å². The Morgan fingerprint density at radius 3 is 2.76 bits per heavy atom. The largest absolute Gasteiger partial charge is 0.305 e. The number of likely N-dealkylation sites (N-methyl/N-ethyl adjacent to an activating group) is 1. The van der Waals surface area contributed by atoms with Crippen LogP contribution >= 0.6 is 0 Å². The average Bonchev–Trinajstić information content (AvgIpc) is 2.37. The molecule has 0 aliphatic carbocycles. The Morgan fingerprint density at radius 2 is 2.18 bits per heavy atom. The molecule has 0 saturated carbocycles. The molecule has 0 bridgehead atoms. The molecule has 0 radical (unpaired) electrons. The lowest BCUT2D eigenvalue weighted by Crippen LogP contribution is -2.40. The van der Waals surface area contributed by atoms with Crippen molar-refractivity contribution >= 4 is 0 Å². The molecular weight excluding hydrogens is 210 g/mol. The van der Waals surface area contributed by atoms with E-state index >= 15 is 0 Å². The van der Waals surface area contributed by atoms with E-state index in [2.05, 4.69) is 47.1 Å². The Balaban J connectivity index is 2.45. The third kappa shape index (κ3) is 4.99. The molecule has 1 heterocycles. The smallest absolute Gasteiger partial charge is 0.0574 e. The summed E-state index contributed by atoms with van der Waals surface area (Å²) in [5.74, 6) is 2.59. The Hall–Kier alpha value is -1.37. The highest BCUT2D eigenvalue weighted by atomic mass is 15.2. The third-order valence-electron chi connectivity index (χ3n) is 2.83. The maximum atomic E-state index is 5.21. The topological polar surface area (TPSA) is 28.2 Å². The lowest BCUT2D eigenvalue weighted by Gasteiger charge is -2.27. The van der Waals surface area contributed by atoms with Gasteiger partial charge in [0, 0.05) is 31.5 Å². The summed E-state index contributed by atoms with van der Waals surface area (Å²) in [4.78, 5) is 6.45. The second kappa shape index (κ2) is 7.83. The molecule has 1 aromatic heterocycles. The van der Waals surface area contributed by atoms with Gasteiger partial charge in [-0.05, 0) is 31.2 Å². The zero-order valence-corrected chi connectivity index (χ0v) is 10.7. The summed E-state index contributed by atoms with van der Waals surface area (Å²) in [5, 5.41) is 3.25. The van der Waals surface area contributed by atoms with Gasteiger partial charge in [0.25, 0.3) is 0 Å². The molecule has 1 unspecified atom stereocenters. The molecule has 0 aromatic carbocycles. The zero-order chi connectivity index (χ0) is 12.5. The second-order valence-corrected chi connectivity index (χ2v) is 4.10. The van der Waals surface area contributed by atoms with Gasteiger partial charge >= 0.3 is 0 Å². The summed E-state index contributed by atoms with van der Waals surface area (Å²) in [5.41, 5.74) is 1.30. The molecule has 92 valence electrons. The summed E-state index contributed by atoms with van der Waals surface area (Å²) < 4.78 is 0. The van der Waals surface area contributed by atoms with Gasteiger partial charge in [-0.2, -0.15) is 0 Å². The molecule has 0 amide bonds. The van der Waals surface area contributed by atoms with Crippen molar-refractivity contribution in [2.75, 3.05) is 19.6 Å². The monoisotopic (exact) mass is 231 g/mol. The highest BCUT2D eigenvalue weighted by Crippen LogP contribution is 2.06. The molecule has 0 fully saturated rings. The Kier molecular flexibility index (Phi) is 6.31. The van der Waals surface area contributed by atoms with Crippen molar-refractivity contribution in [1.82, 2.24) is 15.2 Å². The fraction of sp³-hybridized carbons (Fsp3) is 0.500. The van der Waals surface area contributed by atoms with E-state index in [4.69, 9.17) is 6.42 Å². The van der Waals surface area contributed by atoms with E-state index in [9.17, 15) is 0 Å². The lowest BCUT2D eigenvalue weighted by atomic mass is 10.2.